The van der Waals surface area contributed by atoms with Gasteiger partial charge in [-0.15, -0.1) is 0 Å². The van der Waals surface area contributed by atoms with Gasteiger partial charge in [0, 0.05) is 18.6 Å². The molecule has 1 aliphatic heterocycles. The normalized spacial score (nSPS) is 31.3. The molecule has 0 aromatic carbocycles. The molecule has 1 saturated carbocycles. The van der Waals surface area contributed by atoms with E-state index < -0.39 is 0 Å². The van der Waals surface area contributed by atoms with Crippen molar-refractivity contribution in [1.29, 1.82) is 0 Å². The summed E-state index contributed by atoms with van der Waals surface area (Å²) in [6, 6.07) is 1.65. The zero-order valence-corrected chi connectivity index (χ0v) is 12.6. The number of likely N-dealkylation sites (tertiary alicyclic amines) is 1. The molecule has 2 nitrogen and oxygen atoms in total. The molecule has 0 aromatic rings. The van der Waals surface area contributed by atoms with E-state index in [2.05, 4.69) is 31.0 Å². The summed E-state index contributed by atoms with van der Waals surface area (Å²) >= 11 is 0. The largest absolute Gasteiger partial charge is 0.315 e. The van der Waals surface area contributed by atoms with Gasteiger partial charge in [-0.25, -0.2) is 0 Å². The van der Waals surface area contributed by atoms with Gasteiger partial charge in [-0.2, -0.15) is 0 Å². The Morgan fingerprint density at radius 2 is 1.83 bits per heavy atom. The van der Waals surface area contributed by atoms with Gasteiger partial charge in [-0.1, -0.05) is 33.6 Å². The zero-order valence-electron chi connectivity index (χ0n) is 12.6. The molecular weight excluding hydrogens is 220 g/mol. The van der Waals surface area contributed by atoms with Gasteiger partial charge >= 0.3 is 0 Å². The maximum Gasteiger partial charge on any atom is 0.0246 e. The summed E-state index contributed by atoms with van der Waals surface area (Å²) in [7, 11) is 0. The first-order valence-electron chi connectivity index (χ1n) is 8.20. The second-order valence-electron chi connectivity index (χ2n) is 6.61. The minimum Gasteiger partial charge on any atom is -0.315 e. The topological polar surface area (TPSA) is 15.3 Å². The molecular formula is C16H32N2. The molecule has 1 aliphatic carbocycles. The molecule has 1 saturated heterocycles. The maximum absolute atomic E-state index is 3.58. The molecule has 0 radical (unpaired) electrons. The molecule has 3 atom stereocenters. The summed E-state index contributed by atoms with van der Waals surface area (Å²) in [5.41, 5.74) is 0. The quantitative estimate of drug-likeness (QED) is 0.808. The lowest BCUT2D eigenvalue weighted by atomic mass is 9.77. The van der Waals surface area contributed by atoms with E-state index in [1.54, 1.807) is 0 Å². The van der Waals surface area contributed by atoms with E-state index >= 15 is 0 Å². The van der Waals surface area contributed by atoms with Crippen LogP contribution in [0.15, 0.2) is 0 Å². The number of hydrogen-bond acceptors (Lipinski definition) is 2. The van der Waals surface area contributed by atoms with Gasteiger partial charge < -0.3 is 5.32 Å². The van der Waals surface area contributed by atoms with Crippen molar-refractivity contribution in [2.24, 2.45) is 11.8 Å². The Morgan fingerprint density at radius 1 is 1.11 bits per heavy atom. The van der Waals surface area contributed by atoms with E-state index in [9.17, 15) is 0 Å². The molecule has 0 bridgehead atoms. The second kappa shape index (κ2) is 6.91. The molecule has 2 fully saturated rings. The molecule has 1 N–H and O–H groups in total. The van der Waals surface area contributed by atoms with Crippen LogP contribution in [0.25, 0.3) is 0 Å². The summed E-state index contributed by atoms with van der Waals surface area (Å²) in [5.74, 6) is 1.78. The predicted octanol–water partition coefficient (Wildman–Crippen LogP) is 3.28. The Bertz CT molecular complexity index is 237. The smallest absolute Gasteiger partial charge is 0.0246 e. The first kappa shape index (κ1) is 14.3. The molecule has 1 unspecified atom stereocenters. The molecule has 1 heterocycles. The van der Waals surface area contributed by atoms with Crippen LogP contribution >= 0.6 is 0 Å². The van der Waals surface area contributed by atoms with E-state index in [-0.39, 0.29) is 0 Å². The van der Waals surface area contributed by atoms with Gasteiger partial charge in [0.05, 0.1) is 0 Å². The highest BCUT2D eigenvalue weighted by Crippen LogP contribution is 2.37. The van der Waals surface area contributed by atoms with Crippen molar-refractivity contribution in [2.75, 3.05) is 19.6 Å². The summed E-state index contributed by atoms with van der Waals surface area (Å²) in [6.07, 6.45) is 8.81. The molecule has 2 heteroatoms. The minimum atomic E-state index is 0.746. The van der Waals surface area contributed by atoms with Gasteiger partial charge in [0.25, 0.3) is 0 Å². The third kappa shape index (κ3) is 3.27. The summed E-state index contributed by atoms with van der Waals surface area (Å²) in [6.45, 7) is 10.6. The van der Waals surface area contributed by atoms with Crippen molar-refractivity contribution in [2.45, 2.75) is 71.4 Å². The van der Waals surface area contributed by atoms with Gasteiger partial charge in [-0.3, -0.25) is 4.90 Å². The Morgan fingerprint density at radius 3 is 2.56 bits per heavy atom. The molecule has 2 rings (SSSR count). The highest BCUT2D eigenvalue weighted by molar-refractivity contribution is 4.92. The zero-order chi connectivity index (χ0) is 13.0. The van der Waals surface area contributed by atoms with Crippen molar-refractivity contribution < 1.29 is 0 Å². The Balaban J connectivity index is 2.02. The fraction of sp³-hybridized carbons (Fsp3) is 1.00. The molecule has 18 heavy (non-hydrogen) atoms. The monoisotopic (exact) mass is 252 g/mol. The lowest BCUT2D eigenvalue weighted by Crippen LogP contribution is -2.56. The van der Waals surface area contributed by atoms with Crippen molar-refractivity contribution in [3.8, 4) is 0 Å². The van der Waals surface area contributed by atoms with Crippen LogP contribution in [0.4, 0.5) is 0 Å². The van der Waals surface area contributed by atoms with E-state index in [1.165, 1.54) is 51.6 Å². The maximum atomic E-state index is 3.58. The SMILES string of the molecule is CCNCC(C(C)C)N1CCC[C@H]2CCCC[C@H]21. The summed E-state index contributed by atoms with van der Waals surface area (Å²) in [4.78, 5) is 2.88. The Kier molecular flexibility index (Phi) is 5.50. The number of hydrogen-bond donors (Lipinski definition) is 1. The van der Waals surface area contributed by atoms with Crippen LogP contribution in [0, 0.1) is 11.8 Å². The highest BCUT2D eigenvalue weighted by atomic mass is 15.2. The first-order chi connectivity index (χ1) is 8.74. The fourth-order valence-electron chi connectivity index (χ4n) is 4.10. The highest BCUT2D eigenvalue weighted by Gasteiger charge is 2.37. The van der Waals surface area contributed by atoms with E-state index in [4.69, 9.17) is 0 Å². The molecule has 0 amide bonds. The van der Waals surface area contributed by atoms with Crippen LogP contribution in [-0.2, 0) is 0 Å². The number of fused-ring (bicyclic) bond motifs is 1. The minimum absolute atomic E-state index is 0.746. The van der Waals surface area contributed by atoms with Crippen LogP contribution in [0.1, 0.15) is 59.3 Å². The van der Waals surface area contributed by atoms with Gasteiger partial charge in [0.2, 0.25) is 0 Å². The Hall–Kier alpha value is -0.0800. The van der Waals surface area contributed by atoms with E-state index in [0.29, 0.717) is 0 Å². The van der Waals surface area contributed by atoms with Crippen LogP contribution in [0.2, 0.25) is 0 Å². The Labute approximate surface area is 114 Å². The van der Waals surface area contributed by atoms with Crippen molar-refractivity contribution in [3.63, 3.8) is 0 Å². The number of likely N-dealkylation sites (N-methyl/N-ethyl adjacent to an activating group) is 1. The molecule has 2 aliphatic rings. The number of nitrogens with one attached hydrogen (secondary N) is 1. The van der Waals surface area contributed by atoms with Crippen molar-refractivity contribution in [3.05, 3.63) is 0 Å². The van der Waals surface area contributed by atoms with E-state index in [0.717, 1.165) is 30.5 Å². The predicted molar refractivity (Wildman–Crippen MR) is 78.9 cm³/mol. The number of rotatable bonds is 5. The first-order valence-corrected chi connectivity index (χ1v) is 8.20. The molecule has 106 valence electrons. The molecule has 0 spiro atoms. The third-order valence-electron chi connectivity index (χ3n) is 5.09. The second-order valence-corrected chi connectivity index (χ2v) is 6.61. The van der Waals surface area contributed by atoms with E-state index in [1.807, 2.05) is 0 Å². The van der Waals surface area contributed by atoms with Crippen LogP contribution in [0.5, 0.6) is 0 Å². The van der Waals surface area contributed by atoms with Gasteiger partial charge in [-0.05, 0) is 50.6 Å². The lowest BCUT2D eigenvalue weighted by molar-refractivity contribution is 0.0103. The van der Waals surface area contributed by atoms with Crippen LogP contribution in [0.3, 0.4) is 0 Å². The number of piperidine rings is 1. The van der Waals surface area contributed by atoms with Gasteiger partial charge in [0.1, 0.15) is 0 Å². The lowest BCUT2D eigenvalue weighted by Gasteiger charge is -2.49. The third-order valence-corrected chi connectivity index (χ3v) is 5.09. The van der Waals surface area contributed by atoms with Gasteiger partial charge in [0.15, 0.2) is 0 Å². The fourth-order valence-corrected chi connectivity index (χ4v) is 4.10. The van der Waals surface area contributed by atoms with Crippen LogP contribution < -0.4 is 5.32 Å². The average Bonchev–Trinajstić information content (AvgIpc) is 2.39. The van der Waals surface area contributed by atoms with Crippen molar-refractivity contribution in [1.82, 2.24) is 10.2 Å². The average molecular weight is 252 g/mol. The summed E-state index contributed by atoms with van der Waals surface area (Å²) in [5, 5.41) is 3.58. The standard InChI is InChI=1S/C16H32N2/c1-4-17-12-16(13(2)3)18-11-7-9-14-8-5-6-10-15(14)18/h13-17H,4-12H2,1-3H3/t14-,15-,16?/m1/s1. The van der Waals surface area contributed by atoms with Crippen LogP contribution in [-0.4, -0.2) is 36.6 Å². The summed E-state index contributed by atoms with van der Waals surface area (Å²) < 4.78 is 0. The van der Waals surface area contributed by atoms with Crippen molar-refractivity contribution >= 4 is 0 Å². The molecule has 0 aromatic heterocycles. The number of nitrogens with zero attached hydrogens (tertiary/aromatic N) is 1.